The second kappa shape index (κ2) is 6.61. The van der Waals surface area contributed by atoms with Crippen molar-refractivity contribution in [3.05, 3.63) is 24.3 Å². The summed E-state index contributed by atoms with van der Waals surface area (Å²) in [5.41, 5.74) is 6.40. The molecule has 110 valence electrons. The van der Waals surface area contributed by atoms with Gasteiger partial charge in [-0.2, -0.15) is 0 Å². The zero-order valence-corrected chi connectivity index (χ0v) is 12.0. The topological polar surface area (TPSA) is 69.8 Å². The largest absolute Gasteiger partial charge is 0.506 e. The van der Waals surface area contributed by atoms with Gasteiger partial charge in [0.15, 0.2) is 0 Å². The van der Waals surface area contributed by atoms with Crippen molar-refractivity contribution in [1.82, 2.24) is 4.90 Å². The minimum absolute atomic E-state index is 0.180. The molecule has 1 aliphatic rings. The number of amides is 1. The monoisotopic (exact) mass is 277 g/mol. The highest BCUT2D eigenvalue weighted by atomic mass is 16.3. The molecule has 1 unspecified atom stereocenters. The van der Waals surface area contributed by atoms with Gasteiger partial charge in [0.05, 0.1) is 5.69 Å². The number of rotatable bonds is 4. The van der Waals surface area contributed by atoms with Gasteiger partial charge in [0.1, 0.15) is 5.75 Å². The van der Waals surface area contributed by atoms with Crippen LogP contribution in [0.1, 0.15) is 13.3 Å². The van der Waals surface area contributed by atoms with E-state index in [9.17, 15) is 9.90 Å². The van der Waals surface area contributed by atoms with Gasteiger partial charge in [0.2, 0.25) is 5.91 Å². The Morgan fingerprint density at radius 3 is 2.55 bits per heavy atom. The lowest BCUT2D eigenvalue weighted by Crippen LogP contribution is -2.49. The first-order valence-corrected chi connectivity index (χ1v) is 7.12. The third kappa shape index (κ3) is 3.42. The SMILES string of the molecule is CC(CN)CC(=O)N1CCN(c2ccccc2O)CC1. The zero-order valence-electron chi connectivity index (χ0n) is 12.0. The highest BCUT2D eigenvalue weighted by Gasteiger charge is 2.23. The molecule has 1 aliphatic heterocycles. The van der Waals surface area contributed by atoms with E-state index in [1.807, 2.05) is 30.0 Å². The number of phenolic OH excluding ortho intramolecular Hbond substituents is 1. The summed E-state index contributed by atoms with van der Waals surface area (Å²) in [7, 11) is 0. The molecule has 0 bridgehead atoms. The van der Waals surface area contributed by atoms with Gasteiger partial charge in [-0.1, -0.05) is 19.1 Å². The third-order valence-corrected chi connectivity index (χ3v) is 3.78. The van der Waals surface area contributed by atoms with Gasteiger partial charge in [-0.15, -0.1) is 0 Å². The molecule has 20 heavy (non-hydrogen) atoms. The first kappa shape index (κ1) is 14.7. The molecule has 1 atom stereocenters. The summed E-state index contributed by atoms with van der Waals surface area (Å²) in [5, 5.41) is 9.85. The van der Waals surface area contributed by atoms with E-state index in [1.165, 1.54) is 0 Å². The number of piperazine rings is 1. The van der Waals surface area contributed by atoms with E-state index in [0.717, 1.165) is 18.8 Å². The van der Waals surface area contributed by atoms with Crippen molar-refractivity contribution in [1.29, 1.82) is 0 Å². The van der Waals surface area contributed by atoms with Crippen LogP contribution in [0.2, 0.25) is 0 Å². The van der Waals surface area contributed by atoms with Crippen LogP contribution in [0.25, 0.3) is 0 Å². The van der Waals surface area contributed by atoms with Crippen LogP contribution in [-0.4, -0.2) is 48.6 Å². The summed E-state index contributed by atoms with van der Waals surface area (Å²) in [6.45, 7) is 5.44. The summed E-state index contributed by atoms with van der Waals surface area (Å²) >= 11 is 0. The van der Waals surface area contributed by atoms with Gasteiger partial charge in [0, 0.05) is 32.6 Å². The van der Waals surface area contributed by atoms with Crippen LogP contribution in [0.4, 0.5) is 5.69 Å². The number of phenols is 1. The maximum atomic E-state index is 12.1. The number of para-hydroxylation sites is 2. The molecule has 1 aromatic rings. The van der Waals surface area contributed by atoms with Crippen LogP contribution in [0, 0.1) is 5.92 Å². The minimum atomic E-state index is 0.180. The van der Waals surface area contributed by atoms with Gasteiger partial charge < -0.3 is 20.6 Å². The van der Waals surface area contributed by atoms with E-state index >= 15 is 0 Å². The molecule has 5 heteroatoms. The molecule has 0 aliphatic carbocycles. The molecule has 0 spiro atoms. The molecular formula is C15H23N3O2. The summed E-state index contributed by atoms with van der Waals surface area (Å²) in [6.07, 6.45) is 0.521. The van der Waals surface area contributed by atoms with E-state index in [0.29, 0.717) is 31.8 Å². The highest BCUT2D eigenvalue weighted by molar-refractivity contribution is 5.76. The first-order chi connectivity index (χ1) is 9.61. The zero-order chi connectivity index (χ0) is 14.5. The van der Waals surface area contributed by atoms with Crippen LogP contribution in [0.5, 0.6) is 5.75 Å². The molecule has 0 radical (unpaired) electrons. The number of carbonyl (C=O) groups excluding carboxylic acids is 1. The Labute approximate surface area is 120 Å². The first-order valence-electron chi connectivity index (χ1n) is 7.12. The molecule has 1 aromatic carbocycles. The fourth-order valence-corrected chi connectivity index (χ4v) is 2.44. The molecule has 1 amide bonds. The summed E-state index contributed by atoms with van der Waals surface area (Å²) in [5.74, 6) is 0.711. The number of nitrogens with zero attached hydrogens (tertiary/aromatic N) is 2. The Kier molecular flexibility index (Phi) is 4.84. The lowest BCUT2D eigenvalue weighted by atomic mass is 10.1. The summed E-state index contributed by atoms with van der Waals surface area (Å²) in [4.78, 5) is 16.1. The van der Waals surface area contributed by atoms with Gasteiger partial charge in [-0.05, 0) is 24.6 Å². The van der Waals surface area contributed by atoms with E-state index in [4.69, 9.17) is 5.73 Å². The minimum Gasteiger partial charge on any atom is -0.506 e. The number of aromatic hydroxyl groups is 1. The van der Waals surface area contributed by atoms with E-state index in [2.05, 4.69) is 4.90 Å². The fourth-order valence-electron chi connectivity index (χ4n) is 2.44. The normalized spacial score (nSPS) is 17.1. The van der Waals surface area contributed by atoms with Gasteiger partial charge >= 0.3 is 0 Å². The molecule has 1 heterocycles. The lowest BCUT2D eigenvalue weighted by Gasteiger charge is -2.36. The second-order valence-corrected chi connectivity index (χ2v) is 5.40. The van der Waals surface area contributed by atoms with Crippen molar-refractivity contribution >= 4 is 11.6 Å². The van der Waals surface area contributed by atoms with Crippen molar-refractivity contribution in [3.8, 4) is 5.75 Å². The maximum Gasteiger partial charge on any atom is 0.223 e. The van der Waals surface area contributed by atoms with Crippen LogP contribution in [0.3, 0.4) is 0 Å². The molecule has 2 rings (SSSR count). The predicted molar refractivity (Wildman–Crippen MR) is 79.7 cm³/mol. The Morgan fingerprint density at radius 2 is 1.95 bits per heavy atom. The Hall–Kier alpha value is -1.75. The fraction of sp³-hybridized carbons (Fsp3) is 0.533. The summed E-state index contributed by atoms with van der Waals surface area (Å²) < 4.78 is 0. The quantitative estimate of drug-likeness (QED) is 0.862. The average Bonchev–Trinajstić information content (AvgIpc) is 2.47. The van der Waals surface area contributed by atoms with Crippen LogP contribution < -0.4 is 10.6 Å². The number of hydrogen-bond donors (Lipinski definition) is 2. The maximum absolute atomic E-state index is 12.1. The Morgan fingerprint density at radius 1 is 1.30 bits per heavy atom. The number of anilines is 1. The molecular weight excluding hydrogens is 254 g/mol. The van der Waals surface area contributed by atoms with Crippen LogP contribution >= 0.6 is 0 Å². The Balaban J connectivity index is 1.89. The Bertz CT molecular complexity index is 456. The number of carbonyl (C=O) groups is 1. The van der Waals surface area contributed by atoms with Crippen LogP contribution in [-0.2, 0) is 4.79 Å². The van der Waals surface area contributed by atoms with Crippen molar-refractivity contribution in [2.45, 2.75) is 13.3 Å². The van der Waals surface area contributed by atoms with E-state index < -0.39 is 0 Å². The summed E-state index contributed by atoms with van der Waals surface area (Å²) in [6, 6.07) is 7.32. The predicted octanol–water partition coefficient (Wildman–Crippen LogP) is 1.03. The molecule has 3 N–H and O–H groups in total. The number of nitrogens with two attached hydrogens (primary N) is 1. The number of hydrogen-bond acceptors (Lipinski definition) is 4. The van der Waals surface area contributed by atoms with Crippen molar-refractivity contribution in [3.63, 3.8) is 0 Å². The van der Waals surface area contributed by atoms with Gasteiger partial charge in [0.25, 0.3) is 0 Å². The highest BCUT2D eigenvalue weighted by Crippen LogP contribution is 2.27. The average molecular weight is 277 g/mol. The van der Waals surface area contributed by atoms with E-state index in [1.54, 1.807) is 6.07 Å². The number of benzene rings is 1. The standard InChI is InChI=1S/C15H23N3O2/c1-12(11-16)10-15(20)18-8-6-17(7-9-18)13-4-2-3-5-14(13)19/h2-5,12,19H,6-11,16H2,1H3. The molecule has 0 aromatic heterocycles. The van der Waals surface area contributed by atoms with Crippen LogP contribution in [0.15, 0.2) is 24.3 Å². The molecule has 0 saturated carbocycles. The smallest absolute Gasteiger partial charge is 0.223 e. The second-order valence-electron chi connectivity index (χ2n) is 5.40. The van der Waals surface area contributed by atoms with Gasteiger partial charge in [-0.3, -0.25) is 4.79 Å². The molecule has 1 saturated heterocycles. The lowest BCUT2D eigenvalue weighted by molar-refractivity contribution is -0.132. The van der Waals surface area contributed by atoms with Crippen molar-refractivity contribution in [2.24, 2.45) is 11.7 Å². The van der Waals surface area contributed by atoms with Crippen molar-refractivity contribution < 1.29 is 9.90 Å². The molecule has 1 fully saturated rings. The molecule has 5 nitrogen and oxygen atoms in total. The van der Waals surface area contributed by atoms with Gasteiger partial charge in [-0.25, -0.2) is 0 Å². The van der Waals surface area contributed by atoms with Crippen molar-refractivity contribution in [2.75, 3.05) is 37.6 Å². The van der Waals surface area contributed by atoms with E-state index in [-0.39, 0.29) is 11.8 Å². The third-order valence-electron chi connectivity index (χ3n) is 3.78.